The molecule has 0 aliphatic heterocycles. The first-order valence-corrected chi connectivity index (χ1v) is 5.50. The monoisotopic (exact) mass is 196 g/mol. The third kappa shape index (κ3) is 3.22. The zero-order valence-electron chi connectivity index (χ0n) is 7.43. The minimum atomic E-state index is -0.916. The van der Waals surface area contributed by atoms with Gasteiger partial charge in [0.25, 0.3) is 0 Å². The van der Waals surface area contributed by atoms with Crippen molar-refractivity contribution in [1.82, 2.24) is 0 Å². The van der Waals surface area contributed by atoms with Gasteiger partial charge in [-0.05, 0) is 28.9 Å². The van der Waals surface area contributed by atoms with E-state index in [1.54, 1.807) is 12.3 Å². The highest BCUT2D eigenvalue weighted by atomic mass is 32.2. The topological polar surface area (TPSA) is 43.3 Å². The fourth-order valence-corrected chi connectivity index (χ4v) is 1.48. The van der Waals surface area contributed by atoms with E-state index in [0.717, 1.165) is 10.5 Å². The molecule has 0 spiro atoms. The third-order valence-electron chi connectivity index (χ3n) is 1.63. The van der Waals surface area contributed by atoms with Crippen LogP contribution < -0.4 is 0 Å². The number of hydrogen-bond donors (Lipinski definition) is 1. The molecule has 2 nitrogen and oxygen atoms in total. The van der Waals surface area contributed by atoms with E-state index in [0.29, 0.717) is 0 Å². The molecule has 0 fully saturated rings. The predicted molar refractivity (Wildman–Crippen MR) is 54.9 cm³/mol. The van der Waals surface area contributed by atoms with Crippen LogP contribution in [0.2, 0.25) is 0 Å². The normalized spacial score (nSPS) is 13.5. The molecule has 1 rings (SSSR count). The molecule has 0 saturated heterocycles. The highest BCUT2D eigenvalue weighted by molar-refractivity contribution is 7.90. The highest BCUT2D eigenvalue weighted by Gasteiger charge is 2.01. The SMILES string of the molecule is C[S+]([O-])c1ccc(/C=C/CO)cc1. The lowest BCUT2D eigenvalue weighted by molar-refractivity contribution is 0.343. The molecule has 13 heavy (non-hydrogen) atoms. The molecule has 0 bridgehead atoms. The highest BCUT2D eigenvalue weighted by Crippen LogP contribution is 2.10. The Balaban J connectivity index is 2.75. The first-order valence-electron chi connectivity index (χ1n) is 3.95. The van der Waals surface area contributed by atoms with Gasteiger partial charge < -0.3 is 9.66 Å². The molecule has 1 aromatic rings. The van der Waals surface area contributed by atoms with E-state index >= 15 is 0 Å². The van der Waals surface area contributed by atoms with Crippen molar-refractivity contribution in [3.05, 3.63) is 35.9 Å². The van der Waals surface area contributed by atoms with Crippen molar-refractivity contribution in [2.24, 2.45) is 0 Å². The zero-order valence-corrected chi connectivity index (χ0v) is 8.25. The Bertz CT molecular complexity index is 277. The van der Waals surface area contributed by atoms with Gasteiger partial charge in [0.05, 0.1) is 6.61 Å². The van der Waals surface area contributed by atoms with Crippen LogP contribution in [-0.4, -0.2) is 22.5 Å². The Morgan fingerprint density at radius 3 is 2.46 bits per heavy atom. The van der Waals surface area contributed by atoms with Crippen molar-refractivity contribution < 1.29 is 9.66 Å². The lowest BCUT2D eigenvalue weighted by Gasteiger charge is -2.03. The fraction of sp³-hybridized carbons (Fsp3) is 0.200. The van der Waals surface area contributed by atoms with Gasteiger partial charge in [0.15, 0.2) is 4.90 Å². The smallest absolute Gasteiger partial charge is 0.152 e. The zero-order chi connectivity index (χ0) is 9.68. The first kappa shape index (κ1) is 10.3. The summed E-state index contributed by atoms with van der Waals surface area (Å²) >= 11 is -0.916. The van der Waals surface area contributed by atoms with Gasteiger partial charge in [0.2, 0.25) is 0 Å². The molecule has 0 aliphatic carbocycles. The summed E-state index contributed by atoms with van der Waals surface area (Å²) in [6.07, 6.45) is 5.14. The lowest BCUT2D eigenvalue weighted by Crippen LogP contribution is -1.96. The molecule has 0 saturated carbocycles. The minimum Gasteiger partial charge on any atom is -0.612 e. The van der Waals surface area contributed by atoms with Gasteiger partial charge in [-0.1, -0.05) is 24.3 Å². The molecule has 3 heteroatoms. The van der Waals surface area contributed by atoms with Crippen LogP contribution in [0, 0.1) is 0 Å². The molecule has 0 aromatic heterocycles. The van der Waals surface area contributed by atoms with Crippen LogP contribution in [0.15, 0.2) is 35.2 Å². The van der Waals surface area contributed by atoms with Gasteiger partial charge in [-0.25, -0.2) is 0 Å². The first-order chi connectivity index (χ1) is 6.24. The number of rotatable bonds is 3. The van der Waals surface area contributed by atoms with Crippen LogP contribution in [0.4, 0.5) is 0 Å². The van der Waals surface area contributed by atoms with Crippen LogP contribution in [0.25, 0.3) is 6.08 Å². The Morgan fingerprint density at radius 1 is 1.38 bits per heavy atom. The standard InChI is InChI=1S/C10H12O2S/c1-13(12)10-6-4-9(5-7-10)3-2-8-11/h2-7,11H,8H2,1H3/b3-2+. The summed E-state index contributed by atoms with van der Waals surface area (Å²) in [6, 6.07) is 7.41. The predicted octanol–water partition coefficient (Wildman–Crippen LogP) is 1.43. The molecule has 1 N–H and O–H groups in total. The molecule has 1 unspecified atom stereocenters. The van der Waals surface area contributed by atoms with Gasteiger partial charge in [-0.15, -0.1) is 0 Å². The van der Waals surface area contributed by atoms with E-state index in [1.807, 2.05) is 30.3 Å². The van der Waals surface area contributed by atoms with Crippen molar-refractivity contribution >= 4 is 17.3 Å². The maximum Gasteiger partial charge on any atom is 0.152 e. The number of aliphatic hydroxyl groups is 1. The van der Waals surface area contributed by atoms with Gasteiger partial charge in [0.1, 0.15) is 6.26 Å². The number of hydrogen-bond acceptors (Lipinski definition) is 2. The van der Waals surface area contributed by atoms with E-state index in [1.165, 1.54) is 0 Å². The molecule has 0 radical (unpaired) electrons. The minimum absolute atomic E-state index is 0.0431. The summed E-state index contributed by atoms with van der Waals surface area (Å²) in [7, 11) is 0. The van der Waals surface area contributed by atoms with Crippen molar-refractivity contribution in [2.45, 2.75) is 4.90 Å². The second-order valence-electron chi connectivity index (χ2n) is 2.61. The molecule has 70 valence electrons. The quantitative estimate of drug-likeness (QED) is 0.743. The van der Waals surface area contributed by atoms with Gasteiger partial charge >= 0.3 is 0 Å². The summed E-state index contributed by atoms with van der Waals surface area (Å²) in [6.45, 7) is 0.0431. The van der Waals surface area contributed by atoms with Gasteiger partial charge in [-0.3, -0.25) is 0 Å². The summed E-state index contributed by atoms with van der Waals surface area (Å²) in [4.78, 5) is 0.821. The Labute approximate surface area is 81.1 Å². The Kier molecular flexibility index (Phi) is 4.02. The van der Waals surface area contributed by atoms with E-state index in [-0.39, 0.29) is 6.61 Å². The third-order valence-corrected chi connectivity index (χ3v) is 2.56. The van der Waals surface area contributed by atoms with Crippen molar-refractivity contribution in [2.75, 3.05) is 12.9 Å². The second kappa shape index (κ2) is 5.07. The lowest BCUT2D eigenvalue weighted by atomic mass is 10.2. The van der Waals surface area contributed by atoms with E-state index in [9.17, 15) is 4.55 Å². The Morgan fingerprint density at radius 2 is 2.00 bits per heavy atom. The van der Waals surface area contributed by atoms with Crippen LogP contribution in [0.5, 0.6) is 0 Å². The van der Waals surface area contributed by atoms with E-state index < -0.39 is 11.2 Å². The molecule has 1 atom stereocenters. The fourth-order valence-electron chi connectivity index (χ4n) is 0.959. The molecule has 0 amide bonds. The van der Waals surface area contributed by atoms with Gasteiger partial charge in [0, 0.05) is 0 Å². The van der Waals surface area contributed by atoms with Crippen molar-refractivity contribution in [3.63, 3.8) is 0 Å². The van der Waals surface area contributed by atoms with Crippen LogP contribution in [0.3, 0.4) is 0 Å². The maximum atomic E-state index is 11.0. The molecular weight excluding hydrogens is 184 g/mol. The molecule has 1 aromatic carbocycles. The summed E-state index contributed by atoms with van der Waals surface area (Å²) in [5.41, 5.74) is 1.00. The Hall–Kier alpha value is -0.770. The molecule has 0 heterocycles. The van der Waals surface area contributed by atoms with Crippen LogP contribution >= 0.6 is 0 Å². The van der Waals surface area contributed by atoms with E-state index in [4.69, 9.17) is 5.11 Å². The summed E-state index contributed by atoms with van der Waals surface area (Å²) in [5.74, 6) is 0. The average Bonchev–Trinajstić information content (AvgIpc) is 2.15. The molecular formula is C10H12O2S. The maximum absolute atomic E-state index is 11.0. The van der Waals surface area contributed by atoms with Crippen molar-refractivity contribution in [3.8, 4) is 0 Å². The summed E-state index contributed by atoms with van der Waals surface area (Å²) in [5, 5.41) is 8.53. The molecule has 0 aliphatic rings. The largest absolute Gasteiger partial charge is 0.612 e. The average molecular weight is 196 g/mol. The van der Waals surface area contributed by atoms with E-state index in [2.05, 4.69) is 0 Å². The summed E-state index contributed by atoms with van der Waals surface area (Å²) < 4.78 is 11.0. The van der Waals surface area contributed by atoms with Crippen LogP contribution in [0.1, 0.15) is 5.56 Å². The van der Waals surface area contributed by atoms with Crippen LogP contribution in [-0.2, 0) is 11.2 Å². The van der Waals surface area contributed by atoms with Crippen molar-refractivity contribution in [1.29, 1.82) is 0 Å². The number of benzene rings is 1. The van der Waals surface area contributed by atoms with Gasteiger partial charge in [-0.2, -0.15) is 0 Å². The number of aliphatic hydroxyl groups excluding tert-OH is 1. The second-order valence-corrected chi connectivity index (χ2v) is 3.99.